The van der Waals surface area contributed by atoms with Crippen LogP contribution in [0.1, 0.15) is 12.8 Å². The minimum Gasteiger partial charge on any atom is -0.334 e. The molecule has 0 spiro atoms. The lowest BCUT2D eigenvalue weighted by Gasteiger charge is -2.31. The molecule has 0 bridgehead atoms. The Hall–Kier alpha value is -1.83. The van der Waals surface area contributed by atoms with Crippen LogP contribution >= 0.6 is 0 Å². The quantitative estimate of drug-likeness (QED) is 0.736. The molecule has 1 heterocycles. The number of halogens is 4. The summed E-state index contributed by atoms with van der Waals surface area (Å²) in [5, 5.41) is 7.35. The van der Waals surface area contributed by atoms with E-state index in [4.69, 9.17) is 0 Å². The van der Waals surface area contributed by atoms with Crippen molar-refractivity contribution in [2.75, 3.05) is 11.9 Å². The van der Waals surface area contributed by atoms with Gasteiger partial charge in [0.25, 0.3) is 0 Å². The Balaban J connectivity index is 1.79. The first-order valence-corrected chi connectivity index (χ1v) is 6.48. The highest BCUT2D eigenvalue weighted by Gasteiger charge is 2.41. The lowest BCUT2D eigenvalue weighted by Crippen LogP contribution is -2.54. The minimum atomic E-state index is -4.27. The number of benzene rings is 1. The Morgan fingerprint density at radius 2 is 2.05 bits per heavy atom. The molecule has 1 aromatic rings. The van der Waals surface area contributed by atoms with Gasteiger partial charge >= 0.3 is 12.2 Å². The van der Waals surface area contributed by atoms with Crippen LogP contribution in [0.15, 0.2) is 24.3 Å². The number of nitrogens with one attached hydrogen (secondary N) is 3. The van der Waals surface area contributed by atoms with Crippen molar-refractivity contribution < 1.29 is 22.4 Å². The van der Waals surface area contributed by atoms with Crippen molar-refractivity contribution >= 4 is 11.7 Å². The van der Waals surface area contributed by atoms with Crippen molar-refractivity contribution in [1.82, 2.24) is 10.6 Å². The smallest absolute Gasteiger partial charge is 0.334 e. The zero-order valence-corrected chi connectivity index (χ0v) is 11.0. The van der Waals surface area contributed by atoms with Crippen molar-refractivity contribution in [3.8, 4) is 0 Å². The highest BCUT2D eigenvalue weighted by molar-refractivity contribution is 5.89. The number of hydrogen-bond donors (Lipinski definition) is 3. The molecule has 1 aliphatic rings. The van der Waals surface area contributed by atoms with Gasteiger partial charge in [-0.2, -0.15) is 13.2 Å². The molecule has 2 rings (SSSR count). The van der Waals surface area contributed by atoms with E-state index in [1.807, 2.05) is 0 Å². The second-order valence-electron chi connectivity index (χ2n) is 4.89. The SMILES string of the molecule is O=C(Nc1cccc(F)c1)NC1CCC(C(F)(F)F)NC1. The van der Waals surface area contributed by atoms with Crippen molar-refractivity contribution in [3.63, 3.8) is 0 Å². The molecule has 21 heavy (non-hydrogen) atoms. The molecule has 4 nitrogen and oxygen atoms in total. The van der Waals surface area contributed by atoms with Crippen molar-refractivity contribution in [2.24, 2.45) is 0 Å². The van der Waals surface area contributed by atoms with E-state index in [1.165, 1.54) is 18.2 Å². The molecule has 1 aromatic carbocycles. The van der Waals surface area contributed by atoms with Gasteiger partial charge in [0.2, 0.25) is 0 Å². The van der Waals surface area contributed by atoms with Crippen LogP contribution in [0.5, 0.6) is 0 Å². The monoisotopic (exact) mass is 305 g/mol. The van der Waals surface area contributed by atoms with E-state index in [-0.39, 0.29) is 25.1 Å². The highest BCUT2D eigenvalue weighted by atomic mass is 19.4. The van der Waals surface area contributed by atoms with Crippen LogP contribution in [0.3, 0.4) is 0 Å². The van der Waals surface area contributed by atoms with Crippen LogP contribution in [0, 0.1) is 5.82 Å². The maximum absolute atomic E-state index is 12.9. The van der Waals surface area contributed by atoms with E-state index in [2.05, 4.69) is 16.0 Å². The summed E-state index contributed by atoms with van der Waals surface area (Å²) in [5.74, 6) is -0.486. The van der Waals surface area contributed by atoms with Crippen molar-refractivity contribution in [2.45, 2.75) is 31.1 Å². The summed E-state index contributed by atoms with van der Waals surface area (Å²) >= 11 is 0. The predicted molar refractivity (Wildman–Crippen MR) is 69.4 cm³/mol. The summed E-state index contributed by atoms with van der Waals surface area (Å²) < 4.78 is 50.3. The summed E-state index contributed by atoms with van der Waals surface area (Å²) in [4.78, 5) is 11.7. The van der Waals surface area contributed by atoms with Gasteiger partial charge in [-0.25, -0.2) is 9.18 Å². The van der Waals surface area contributed by atoms with Gasteiger partial charge in [0.05, 0.1) is 0 Å². The first-order valence-electron chi connectivity index (χ1n) is 6.48. The summed E-state index contributed by atoms with van der Waals surface area (Å²) in [7, 11) is 0. The van der Waals surface area contributed by atoms with E-state index in [0.717, 1.165) is 6.07 Å². The molecule has 2 unspecified atom stereocenters. The average Bonchev–Trinajstić information content (AvgIpc) is 2.38. The molecule has 1 aliphatic heterocycles. The molecule has 0 radical (unpaired) electrons. The molecule has 116 valence electrons. The Kier molecular flexibility index (Phi) is 4.66. The number of urea groups is 1. The summed E-state index contributed by atoms with van der Waals surface area (Å²) in [6.07, 6.45) is -4.13. The average molecular weight is 305 g/mol. The molecular formula is C13H15F4N3O. The van der Waals surface area contributed by atoms with Crippen LogP contribution in [0.25, 0.3) is 0 Å². The van der Waals surface area contributed by atoms with E-state index < -0.39 is 30.1 Å². The van der Waals surface area contributed by atoms with Crippen LogP contribution in [0.4, 0.5) is 28.0 Å². The van der Waals surface area contributed by atoms with Gasteiger partial charge in [-0.05, 0) is 31.0 Å². The zero-order chi connectivity index (χ0) is 15.5. The van der Waals surface area contributed by atoms with Crippen molar-refractivity contribution in [1.29, 1.82) is 0 Å². The normalized spacial score (nSPS) is 22.7. The van der Waals surface area contributed by atoms with E-state index in [0.29, 0.717) is 0 Å². The maximum atomic E-state index is 12.9. The molecule has 1 saturated heterocycles. The summed E-state index contributed by atoms with van der Waals surface area (Å²) in [6.45, 7) is 0.0424. The fraction of sp³-hybridized carbons (Fsp3) is 0.462. The van der Waals surface area contributed by atoms with Gasteiger partial charge in [-0.3, -0.25) is 0 Å². The number of carbonyl (C=O) groups excluding carboxylic acids is 1. The van der Waals surface area contributed by atoms with Gasteiger partial charge in [-0.15, -0.1) is 0 Å². The first kappa shape index (κ1) is 15.6. The standard InChI is InChI=1S/C13H15F4N3O/c14-8-2-1-3-9(6-8)19-12(21)20-10-4-5-11(18-7-10)13(15,16)17/h1-3,6,10-11,18H,4-5,7H2,(H2,19,20,21). The molecule has 2 amide bonds. The predicted octanol–water partition coefficient (Wildman–Crippen LogP) is 2.63. The molecular weight excluding hydrogens is 290 g/mol. The van der Waals surface area contributed by atoms with Gasteiger partial charge in [0.15, 0.2) is 0 Å². The fourth-order valence-electron chi connectivity index (χ4n) is 2.18. The first-order chi connectivity index (χ1) is 9.84. The molecule has 1 fully saturated rings. The van der Waals surface area contributed by atoms with Crippen LogP contribution in [-0.4, -0.2) is 30.8 Å². The number of piperidine rings is 1. The summed E-state index contributed by atoms with van der Waals surface area (Å²) in [6, 6.07) is 2.86. The van der Waals surface area contributed by atoms with Crippen LogP contribution in [-0.2, 0) is 0 Å². The van der Waals surface area contributed by atoms with E-state index in [9.17, 15) is 22.4 Å². The molecule has 0 saturated carbocycles. The second-order valence-corrected chi connectivity index (χ2v) is 4.89. The highest BCUT2D eigenvalue weighted by Crippen LogP contribution is 2.26. The molecule has 8 heteroatoms. The minimum absolute atomic E-state index is 0.0424. The number of anilines is 1. The number of amides is 2. The van der Waals surface area contributed by atoms with E-state index in [1.54, 1.807) is 0 Å². The number of alkyl halides is 3. The molecule has 0 aromatic heterocycles. The lowest BCUT2D eigenvalue weighted by atomic mass is 10.0. The lowest BCUT2D eigenvalue weighted by molar-refractivity contribution is -0.160. The fourth-order valence-corrected chi connectivity index (χ4v) is 2.18. The third-order valence-electron chi connectivity index (χ3n) is 3.23. The van der Waals surface area contributed by atoms with Gasteiger partial charge in [0.1, 0.15) is 11.9 Å². The number of rotatable bonds is 2. The number of carbonyl (C=O) groups is 1. The number of hydrogen-bond acceptors (Lipinski definition) is 2. The third-order valence-corrected chi connectivity index (χ3v) is 3.23. The topological polar surface area (TPSA) is 53.2 Å². The van der Waals surface area contributed by atoms with Gasteiger partial charge in [0, 0.05) is 18.3 Å². The maximum Gasteiger partial charge on any atom is 0.403 e. The largest absolute Gasteiger partial charge is 0.403 e. The van der Waals surface area contributed by atoms with E-state index >= 15 is 0 Å². The molecule has 2 atom stereocenters. The van der Waals surface area contributed by atoms with Gasteiger partial charge in [-0.1, -0.05) is 6.07 Å². The van der Waals surface area contributed by atoms with Crippen LogP contribution in [0.2, 0.25) is 0 Å². The Bertz CT molecular complexity index is 498. The third kappa shape index (κ3) is 4.59. The Morgan fingerprint density at radius 1 is 1.29 bits per heavy atom. The Labute approximate surface area is 118 Å². The van der Waals surface area contributed by atoms with Crippen LogP contribution < -0.4 is 16.0 Å². The summed E-state index contributed by atoms with van der Waals surface area (Å²) in [5.41, 5.74) is 0.282. The zero-order valence-electron chi connectivity index (χ0n) is 11.0. The second kappa shape index (κ2) is 6.30. The van der Waals surface area contributed by atoms with Gasteiger partial charge < -0.3 is 16.0 Å². The van der Waals surface area contributed by atoms with Crippen molar-refractivity contribution in [3.05, 3.63) is 30.1 Å². The Morgan fingerprint density at radius 3 is 2.62 bits per heavy atom. The molecule has 3 N–H and O–H groups in total. The molecule has 0 aliphatic carbocycles.